The molecule has 4 rings (SSSR count). The predicted molar refractivity (Wildman–Crippen MR) is 122 cm³/mol. The minimum Gasteiger partial charge on any atom is -0.478 e. The zero-order valence-corrected chi connectivity index (χ0v) is 17.8. The van der Waals surface area contributed by atoms with Gasteiger partial charge < -0.3 is 15.3 Å². The number of hydrogen-bond acceptors (Lipinski definition) is 3. The van der Waals surface area contributed by atoms with Gasteiger partial charge in [0.2, 0.25) is 0 Å². The summed E-state index contributed by atoms with van der Waals surface area (Å²) in [6.07, 6.45) is 7.00. The van der Waals surface area contributed by atoms with Crippen molar-refractivity contribution in [3.05, 3.63) is 76.9 Å². The van der Waals surface area contributed by atoms with Crippen LogP contribution >= 0.6 is 0 Å². The SMILES string of the molecule is CC(=Cc1ccccc1)C1C[C@@H]1NC1CCN(CCc2ccc(C(=O)O)cc2)CC1. The number of benzene rings is 2. The van der Waals surface area contributed by atoms with Crippen molar-refractivity contribution in [1.29, 1.82) is 0 Å². The Morgan fingerprint density at radius 3 is 2.47 bits per heavy atom. The number of aromatic carboxylic acids is 1. The van der Waals surface area contributed by atoms with E-state index in [0.29, 0.717) is 23.6 Å². The summed E-state index contributed by atoms with van der Waals surface area (Å²) in [5.74, 6) is -0.170. The van der Waals surface area contributed by atoms with E-state index >= 15 is 0 Å². The number of hydrogen-bond donors (Lipinski definition) is 2. The molecule has 1 aliphatic carbocycles. The van der Waals surface area contributed by atoms with Gasteiger partial charge in [-0.1, -0.05) is 54.1 Å². The van der Waals surface area contributed by atoms with Crippen LogP contribution in [0.3, 0.4) is 0 Å². The first-order valence-electron chi connectivity index (χ1n) is 11.1. The number of rotatable bonds is 8. The van der Waals surface area contributed by atoms with Gasteiger partial charge in [-0.05, 0) is 74.9 Å². The van der Waals surface area contributed by atoms with Crippen LogP contribution in [-0.4, -0.2) is 47.7 Å². The average molecular weight is 405 g/mol. The van der Waals surface area contributed by atoms with E-state index in [-0.39, 0.29) is 0 Å². The first-order chi connectivity index (χ1) is 14.6. The maximum atomic E-state index is 11.0. The molecule has 0 bridgehead atoms. The lowest BCUT2D eigenvalue weighted by molar-refractivity contribution is 0.0697. The Labute approximate surface area is 179 Å². The quantitative estimate of drug-likeness (QED) is 0.681. The van der Waals surface area contributed by atoms with Crippen LogP contribution in [0.5, 0.6) is 0 Å². The molecule has 2 aromatic rings. The number of carbonyl (C=O) groups is 1. The largest absolute Gasteiger partial charge is 0.478 e. The second kappa shape index (κ2) is 9.59. The molecule has 4 nitrogen and oxygen atoms in total. The molecule has 1 saturated heterocycles. The van der Waals surface area contributed by atoms with Gasteiger partial charge in [0.1, 0.15) is 0 Å². The van der Waals surface area contributed by atoms with Gasteiger partial charge in [0, 0.05) is 18.6 Å². The van der Waals surface area contributed by atoms with Crippen molar-refractivity contribution in [3.8, 4) is 0 Å². The topological polar surface area (TPSA) is 52.6 Å². The van der Waals surface area contributed by atoms with Gasteiger partial charge in [0.25, 0.3) is 0 Å². The van der Waals surface area contributed by atoms with Crippen molar-refractivity contribution in [2.75, 3.05) is 19.6 Å². The van der Waals surface area contributed by atoms with Crippen molar-refractivity contribution in [2.45, 2.75) is 44.7 Å². The lowest BCUT2D eigenvalue weighted by Crippen LogP contribution is -2.44. The Hall–Kier alpha value is -2.43. The summed E-state index contributed by atoms with van der Waals surface area (Å²) in [5, 5.41) is 12.9. The van der Waals surface area contributed by atoms with Crippen molar-refractivity contribution in [3.63, 3.8) is 0 Å². The molecule has 1 saturated carbocycles. The molecule has 4 heteroatoms. The monoisotopic (exact) mass is 404 g/mol. The molecule has 2 aliphatic rings. The number of likely N-dealkylation sites (tertiary alicyclic amines) is 1. The summed E-state index contributed by atoms with van der Waals surface area (Å²) in [6, 6.07) is 19.2. The Bertz CT molecular complexity index is 868. The van der Waals surface area contributed by atoms with E-state index in [2.05, 4.69) is 53.5 Å². The van der Waals surface area contributed by atoms with Crippen LogP contribution in [-0.2, 0) is 6.42 Å². The molecule has 158 valence electrons. The number of nitrogens with zero attached hydrogens (tertiary/aromatic N) is 1. The summed E-state index contributed by atoms with van der Waals surface area (Å²) in [4.78, 5) is 13.5. The van der Waals surface area contributed by atoms with Crippen LogP contribution < -0.4 is 5.32 Å². The fourth-order valence-corrected chi connectivity index (χ4v) is 4.53. The molecular formula is C26H32N2O2. The number of carboxylic acids is 1. The Morgan fingerprint density at radius 2 is 1.80 bits per heavy atom. The molecule has 0 spiro atoms. The van der Waals surface area contributed by atoms with Gasteiger partial charge in [-0.2, -0.15) is 0 Å². The minimum atomic E-state index is -0.861. The van der Waals surface area contributed by atoms with Crippen LogP contribution in [0.2, 0.25) is 0 Å². The molecule has 1 aliphatic heterocycles. The Balaban J connectivity index is 1.17. The van der Waals surface area contributed by atoms with Crippen LogP contribution in [0, 0.1) is 5.92 Å². The molecule has 0 aromatic heterocycles. The highest BCUT2D eigenvalue weighted by atomic mass is 16.4. The van der Waals surface area contributed by atoms with Crippen molar-refractivity contribution in [2.24, 2.45) is 5.92 Å². The first-order valence-corrected chi connectivity index (χ1v) is 11.1. The van der Waals surface area contributed by atoms with Crippen LogP contribution in [0.1, 0.15) is 47.7 Å². The van der Waals surface area contributed by atoms with Crippen molar-refractivity contribution in [1.82, 2.24) is 10.2 Å². The lowest BCUT2D eigenvalue weighted by Gasteiger charge is -2.32. The van der Waals surface area contributed by atoms with Crippen molar-refractivity contribution >= 4 is 12.0 Å². The molecule has 0 amide bonds. The third-order valence-corrected chi connectivity index (χ3v) is 6.52. The number of nitrogens with one attached hydrogen (secondary N) is 1. The normalized spacial score (nSPS) is 22.8. The maximum absolute atomic E-state index is 11.0. The van der Waals surface area contributed by atoms with Crippen molar-refractivity contribution < 1.29 is 9.90 Å². The standard InChI is InChI=1S/C26H32N2O2/c1-19(17-21-5-3-2-4-6-21)24-18-25(24)27-23-12-15-28(16-13-23)14-11-20-7-9-22(10-8-20)26(29)30/h2-10,17,23-25,27H,11-16,18H2,1H3,(H,29,30)/t24?,25-/m0/s1. The summed E-state index contributed by atoms with van der Waals surface area (Å²) in [6.45, 7) is 5.59. The summed E-state index contributed by atoms with van der Waals surface area (Å²) < 4.78 is 0. The third kappa shape index (κ3) is 5.59. The molecule has 2 fully saturated rings. The van der Waals surface area contributed by atoms with Crippen LogP contribution in [0.15, 0.2) is 60.2 Å². The zero-order valence-electron chi connectivity index (χ0n) is 17.8. The van der Waals surface area contributed by atoms with E-state index in [1.165, 1.54) is 36.0 Å². The molecule has 1 heterocycles. The highest BCUT2D eigenvalue weighted by Crippen LogP contribution is 2.38. The fourth-order valence-electron chi connectivity index (χ4n) is 4.53. The van der Waals surface area contributed by atoms with E-state index < -0.39 is 5.97 Å². The van der Waals surface area contributed by atoms with Gasteiger partial charge in [-0.25, -0.2) is 4.79 Å². The van der Waals surface area contributed by atoms with E-state index in [9.17, 15) is 4.79 Å². The highest BCUT2D eigenvalue weighted by molar-refractivity contribution is 5.87. The second-order valence-electron chi connectivity index (χ2n) is 8.78. The summed E-state index contributed by atoms with van der Waals surface area (Å²) in [7, 11) is 0. The fraction of sp³-hybridized carbons (Fsp3) is 0.423. The van der Waals surface area contributed by atoms with E-state index in [1.807, 2.05) is 12.1 Å². The zero-order chi connectivity index (χ0) is 20.9. The predicted octanol–water partition coefficient (Wildman–Crippen LogP) is 4.47. The Morgan fingerprint density at radius 1 is 1.10 bits per heavy atom. The lowest BCUT2D eigenvalue weighted by atomic mass is 10.0. The molecule has 2 aromatic carbocycles. The molecule has 1 unspecified atom stereocenters. The average Bonchev–Trinajstić information content (AvgIpc) is 3.53. The second-order valence-corrected chi connectivity index (χ2v) is 8.78. The van der Waals surface area contributed by atoms with E-state index in [0.717, 1.165) is 26.1 Å². The van der Waals surface area contributed by atoms with Gasteiger partial charge >= 0.3 is 5.97 Å². The molecule has 30 heavy (non-hydrogen) atoms. The van der Waals surface area contributed by atoms with Gasteiger partial charge in [-0.15, -0.1) is 0 Å². The van der Waals surface area contributed by atoms with Crippen LogP contribution in [0.25, 0.3) is 6.08 Å². The van der Waals surface area contributed by atoms with Gasteiger partial charge in [-0.3, -0.25) is 0 Å². The smallest absolute Gasteiger partial charge is 0.335 e. The summed E-state index contributed by atoms with van der Waals surface area (Å²) >= 11 is 0. The molecular weight excluding hydrogens is 372 g/mol. The van der Waals surface area contributed by atoms with Crippen LogP contribution in [0.4, 0.5) is 0 Å². The molecule has 2 atom stereocenters. The highest BCUT2D eigenvalue weighted by Gasteiger charge is 2.39. The summed E-state index contributed by atoms with van der Waals surface area (Å²) in [5.41, 5.74) is 4.36. The number of piperidine rings is 1. The maximum Gasteiger partial charge on any atom is 0.335 e. The van der Waals surface area contributed by atoms with E-state index in [4.69, 9.17) is 5.11 Å². The minimum absolute atomic E-state index is 0.359. The first kappa shape index (κ1) is 20.8. The van der Waals surface area contributed by atoms with Gasteiger partial charge in [0.05, 0.1) is 5.56 Å². The van der Waals surface area contributed by atoms with E-state index in [1.54, 1.807) is 12.1 Å². The molecule has 0 radical (unpaired) electrons. The molecule has 2 N–H and O–H groups in total. The number of carboxylic acid groups (broad SMARTS) is 1. The third-order valence-electron chi connectivity index (χ3n) is 6.52. The van der Waals surface area contributed by atoms with Gasteiger partial charge in [0.15, 0.2) is 0 Å². The Kier molecular flexibility index (Phi) is 6.66.